The first kappa shape index (κ1) is 8.91. The summed E-state index contributed by atoms with van der Waals surface area (Å²) in [5.41, 5.74) is 1.15. The third-order valence-corrected chi connectivity index (χ3v) is 3.77. The molecule has 0 amide bonds. The van der Waals surface area contributed by atoms with E-state index in [9.17, 15) is 4.55 Å². The zero-order valence-electron chi connectivity index (χ0n) is 7.69. The van der Waals surface area contributed by atoms with Gasteiger partial charge in [-0.3, -0.25) is 0 Å². The Balaban J connectivity index is 2.42. The molecular weight excluding hydrogens is 182 g/mol. The molecule has 1 aliphatic heterocycles. The molecule has 3 heteroatoms. The van der Waals surface area contributed by atoms with Crippen molar-refractivity contribution in [2.75, 3.05) is 23.7 Å². The van der Waals surface area contributed by atoms with Gasteiger partial charge in [-0.1, -0.05) is 12.1 Å². The average Bonchev–Trinajstić information content (AvgIpc) is 2.19. The van der Waals surface area contributed by atoms with E-state index in [0.29, 0.717) is 0 Å². The van der Waals surface area contributed by atoms with Crippen molar-refractivity contribution in [1.82, 2.24) is 0 Å². The second-order valence-corrected chi connectivity index (χ2v) is 4.64. The first-order valence-electron chi connectivity index (χ1n) is 4.55. The summed E-state index contributed by atoms with van der Waals surface area (Å²) in [6.07, 6.45) is 0. The van der Waals surface area contributed by atoms with E-state index in [2.05, 4.69) is 17.9 Å². The number of hydrogen-bond donors (Lipinski definition) is 0. The van der Waals surface area contributed by atoms with E-state index in [1.54, 1.807) is 0 Å². The smallest absolute Gasteiger partial charge is 0.176 e. The van der Waals surface area contributed by atoms with E-state index < -0.39 is 11.2 Å². The second-order valence-electron chi connectivity index (χ2n) is 3.10. The van der Waals surface area contributed by atoms with Gasteiger partial charge in [-0.2, -0.15) is 0 Å². The van der Waals surface area contributed by atoms with Crippen molar-refractivity contribution in [3.63, 3.8) is 0 Å². The predicted molar refractivity (Wildman–Crippen MR) is 55.6 cm³/mol. The maximum atomic E-state index is 11.6. The molecule has 1 aromatic carbocycles. The van der Waals surface area contributed by atoms with Gasteiger partial charge in [0.2, 0.25) is 0 Å². The minimum atomic E-state index is -0.779. The maximum absolute atomic E-state index is 11.6. The van der Waals surface area contributed by atoms with Crippen molar-refractivity contribution in [3.8, 4) is 0 Å². The highest BCUT2D eigenvalue weighted by molar-refractivity contribution is 7.91. The standard InChI is InChI=1S/C10H13NOS/c1-2-11-7-8-13(12)10-6-4-3-5-9(10)11/h3-6H,2,7-8H2,1H3. The van der Waals surface area contributed by atoms with Crippen LogP contribution in [-0.2, 0) is 11.2 Å². The van der Waals surface area contributed by atoms with Crippen LogP contribution in [0.3, 0.4) is 0 Å². The van der Waals surface area contributed by atoms with Crippen LogP contribution < -0.4 is 4.90 Å². The van der Waals surface area contributed by atoms with Crippen LogP contribution in [0.5, 0.6) is 0 Å². The van der Waals surface area contributed by atoms with Crippen LogP contribution in [0.15, 0.2) is 29.2 Å². The summed E-state index contributed by atoms with van der Waals surface area (Å²) in [7, 11) is 0. The van der Waals surface area contributed by atoms with E-state index >= 15 is 0 Å². The highest BCUT2D eigenvalue weighted by Gasteiger charge is 2.25. The van der Waals surface area contributed by atoms with Crippen molar-refractivity contribution in [1.29, 1.82) is 0 Å². The molecule has 1 aliphatic rings. The molecular formula is C10H13NOS. The number of benzene rings is 1. The van der Waals surface area contributed by atoms with Gasteiger partial charge >= 0.3 is 0 Å². The first-order valence-corrected chi connectivity index (χ1v) is 5.87. The Kier molecular flexibility index (Phi) is 2.47. The molecule has 70 valence electrons. The maximum Gasteiger partial charge on any atom is 0.176 e. The Morgan fingerprint density at radius 3 is 3.00 bits per heavy atom. The molecule has 0 saturated heterocycles. The van der Waals surface area contributed by atoms with Crippen molar-refractivity contribution in [2.45, 2.75) is 11.8 Å². The fourth-order valence-corrected chi connectivity index (χ4v) is 2.93. The van der Waals surface area contributed by atoms with Crippen LogP contribution in [0, 0.1) is 0 Å². The summed E-state index contributed by atoms with van der Waals surface area (Å²) >= 11 is -0.779. The Morgan fingerprint density at radius 2 is 2.23 bits per heavy atom. The number of fused-ring (bicyclic) bond motifs is 1. The lowest BCUT2D eigenvalue weighted by molar-refractivity contribution is 0.589. The van der Waals surface area contributed by atoms with E-state index in [1.165, 1.54) is 0 Å². The predicted octanol–water partition coefficient (Wildman–Crippen LogP) is 1.63. The van der Waals surface area contributed by atoms with Gasteiger partial charge < -0.3 is 9.45 Å². The molecule has 0 N–H and O–H groups in total. The fraction of sp³-hybridized carbons (Fsp3) is 0.400. The van der Waals surface area contributed by atoms with Crippen LogP contribution in [0.1, 0.15) is 6.92 Å². The Morgan fingerprint density at radius 1 is 1.46 bits per heavy atom. The Bertz CT molecular complexity index is 303. The largest absolute Gasteiger partial charge is 0.611 e. The van der Waals surface area contributed by atoms with Crippen LogP contribution in [0.4, 0.5) is 5.69 Å². The molecule has 0 spiro atoms. The van der Waals surface area contributed by atoms with Crippen LogP contribution in [0.2, 0.25) is 0 Å². The van der Waals surface area contributed by atoms with Crippen LogP contribution in [0.25, 0.3) is 0 Å². The van der Waals surface area contributed by atoms with Crippen LogP contribution >= 0.6 is 0 Å². The molecule has 0 saturated carbocycles. The fourth-order valence-electron chi connectivity index (χ4n) is 1.66. The summed E-state index contributed by atoms with van der Waals surface area (Å²) < 4.78 is 11.6. The number of para-hydroxylation sites is 1. The summed E-state index contributed by atoms with van der Waals surface area (Å²) in [4.78, 5) is 3.27. The summed E-state index contributed by atoms with van der Waals surface area (Å²) in [5.74, 6) is 0.769. The molecule has 2 nitrogen and oxygen atoms in total. The zero-order chi connectivity index (χ0) is 9.26. The van der Waals surface area contributed by atoms with Gasteiger partial charge in [0.1, 0.15) is 5.75 Å². The summed E-state index contributed by atoms with van der Waals surface area (Å²) in [5, 5.41) is 0. The van der Waals surface area contributed by atoms with Gasteiger partial charge in [0.15, 0.2) is 4.90 Å². The number of anilines is 1. The quantitative estimate of drug-likeness (QED) is 0.637. The van der Waals surface area contributed by atoms with E-state index in [1.807, 2.05) is 18.2 Å². The van der Waals surface area contributed by atoms with Crippen LogP contribution in [-0.4, -0.2) is 23.4 Å². The Hall–Kier alpha value is -0.670. The van der Waals surface area contributed by atoms with Crippen molar-refractivity contribution >= 4 is 16.9 Å². The van der Waals surface area contributed by atoms with Gasteiger partial charge in [0.05, 0.1) is 12.2 Å². The minimum Gasteiger partial charge on any atom is -0.611 e. The summed E-state index contributed by atoms with van der Waals surface area (Å²) in [6.45, 7) is 4.04. The number of rotatable bonds is 1. The molecule has 0 radical (unpaired) electrons. The highest BCUT2D eigenvalue weighted by atomic mass is 32.2. The molecule has 1 aromatic rings. The van der Waals surface area contributed by atoms with Crippen molar-refractivity contribution in [3.05, 3.63) is 24.3 Å². The average molecular weight is 195 g/mol. The van der Waals surface area contributed by atoms with E-state index in [4.69, 9.17) is 0 Å². The molecule has 0 fully saturated rings. The first-order chi connectivity index (χ1) is 6.33. The molecule has 0 bridgehead atoms. The molecule has 0 aliphatic carbocycles. The number of hydrogen-bond acceptors (Lipinski definition) is 2. The second kappa shape index (κ2) is 3.60. The lowest BCUT2D eigenvalue weighted by Crippen LogP contribution is -2.34. The lowest BCUT2D eigenvalue weighted by atomic mass is 10.3. The highest BCUT2D eigenvalue weighted by Crippen LogP contribution is 2.29. The van der Waals surface area contributed by atoms with Gasteiger partial charge in [-0.05, 0) is 30.2 Å². The van der Waals surface area contributed by atoms with Crippen molar-refractivity contribution in [2.24, 2.45) is 0 Å². The van der Waals surface area contributed by atoms with E-state index in [-0.39, 0.29) is 0 Å². The monoisotopic (exact) mass is 195 g/mol. The molecule has 1 heterocycles. The normalized spacial score (nSPS) is 21.4. The van der Waals surface area contributed by atoms with Crippen molar-refractivity contribution < 1.29 is 4.55 Å². The molecule has 2 rings (SSSR count). The molecule has 1 unspecified atom stereocenters. The van der Waals surface area contributed by atoms with E-state index in [0.717, 1.165) is 29.4 Å². The lowest BCUT2D eigenvalue weighted by Gasteiger charge is -2.30. The molecule has 0 aromatic heterocycles. The van der Waals surface area contributed by atoms with Gasteiger partial charge in [0, 0.05) is 6.54 Å². The minimum absolute atomic E-state index is 0.769. The topological polar surface area (TPSA) is 26.3 Å². The third-order valence-electron chi connectivity index (χ3n) is 2.38. The van der Waals surface area contributed by atoms with Gasteiger partial charge in [-0.25, -0.2) is 0 Å². The third kappa shape index (κ3) is 1.54. The zero-order valence-corrected chi connectivity index (χ0v) is 8.51. The van der Waals surface area contributed by atoms with Gasteiger partial charge in [-0.15, -0.1) is 0 Å². The van der Waals surface area contributed by atoms with Gasteiger partial charge in [0.25, 0.3) is 0 Å². The molecule has 1 atom stereocenters. The summed E-state index contributed by atoms with van der Waals surface area (Å²) in [6, 6.07) is 7.98. The number of nitrogens with zero attached hydrogens (tertiary/aromatic N) is 1. The Labute approximate surface area is 81.7 Å². The molecule has 13 heavy (non-hydrogen) atoms. The SMILES string of the molecule is CCN1CC[S+]([O-])c2ccccc21.